The topological polar surface area (TPSA) is 106 Å². The Kier molecular flexibility index (Phi) is 7.49. The quantitative estimate of drug-likeness (QED) is 0.467. The van der Waals surface area contributed by atoms with Crippen molar-refractivity contribution in [2.75, 3.05) is 31.6 Å². The van der Waals surface area contributed by atoms with E-state index in [0.29, 0.717) is 43.7 Å². The molecule has 176 valence electrons. The molecule has 0 bridgehead atoms. The van der Waals surface area contributed by atoms with Crippen LogP contribution in [0.3, 0.4) is 0 Å². The van der Waals surface area contributed by atoms with E-state index in [9.17, 15) is 13.2 Å². The molecule has 1 saturated heterocycles. The molecule has 0 unspecified atom stereocenters. The first kappa shape index (κ1) is 23.9. The Labute approximate surface area is 201 Å². The number of benzene rings is 1. The lowest BCUT2D eigenvalue weighted by Gasteiger charge is -2.26. The van der Waals surface area contributed by atoms with Crippen LogP contribution >= 0.6 is 23.1 Å². The molecule has 0 aliphatic carbocycles. The number of sulfonamides is 1. The Morgan fingerprint density at radius 3 is 2.58 bits per heavy atom. The van der Waals surface area contributed by atoms with Crippen LogP contribution in [0.15, 0.2) is 51.8 Å². The highest BCUT2D eigenvalue weighted by Gasteiger charge is 2.26. The van der Waals surface area contributed by atoms with Gasteiger partial charge in [0.2, 0.25) is 15.9 Å². The summed E-state index contributed by atoms with van der Waals surface area (Å²) >= 11 is 2.93. The number of thioether (sulfide) groups is 1. The lowest BCUT2D eigenvalue weighted by Crippen LogP contribution is -2.40. The van der Waals surface area contributed by atoms with E-state index in [4.69, 9.17) is 4.74 Å². The van der Waals surface area contributed by atoms with E-state index >= 15 is 0 Å². The van der Waals surface area contributed by atoms with Gasteiger partial charge in [-0.15, -0.1) is 21.5 Å². The molecule has 4 rings (SSSR count). The molecule has 1 aliphatic rings. The molecule has 1 fully saturated rings. The smallest absolute Gasteiger partial charge is 0.243 e. The van der Waals surface area contributed by atoms with Gasteiger partial charge in [-0.1, -0.05) is 17.8 Å². The van der Waals surface area contributed by atoms with Gasteiger partial charge >= 0.3 is 0 Å². The lowest BCUT2D eigenvalue weighted by molar-refractivity contribution is -0.115. The Morgan fingerprint density at radius 2 is 1.94 bits per heavy atom. The third-order valence-electron chi connectivity index (χ3n) is 5.16. The summed E-state index contributed by atoms with van der Waals surface area (Å²) in [6, 6.07) is 10.2. The fraction of sp³-hybridized carbons (Fsp3) is 0.381. The number of aromatic nitrogens is 3. The summed E-state index contributed by atoms with van der Waals surface area (Å²) < 4.78 is 34.1. The van der Waals surface area contributed by atoms with Crippen LogP contribution in [0.4, 0.5) is 5.69 Å². The third-order valence-corrected chi connectivity index (χ3v) is 9.01. The molecule has 1 atom stereocenters. The molecule has 1 aromatic carbocycles. The number of amides is 1. The number of nitrogens with zero attached hydrogens (tertiary/aromatic N) is 4. The van der Waals surface area contributed by atoms with Crippen LogP contribution in [0.5, 0.6) is 0 Å². The Balaban J connectivity index is 1.40. The number of ether oxygens (including phenoxy) is 1. The van der Waals surface area contributed by atoms with Crippen molar-refractivity contribution in [3.05, 3.63) is 41.8 Å². The largest absolute Gasteiger partial charge is 0.379 e. The van der Waals surface area contributed by atoms with Crippen LogP contribution in [-0.2, 0) is 26.1 Å². The Hall–Kier alpha value is -2.25. The van der Waals surface area contributed by atoms with Crippen LogP contribution in [0.2, 0.25) is 0 Å². The fourth-order valence-electron chi connectivity index (χ4n) is 3.35. The van der Waals surface area contributed by atoms with Gasteiger partial charge in [0.05, 0.1) is 28.2 Å². The number of nitrogens with one attached hydrogen (secondary N) is 1. The molecule has 3 heterocycles. The first-order valence-electron chi connectivity index (χ1n) is 10.5. The Morgan fingerprint density at radius 1 is 1.21 bits per heavy atom. The molecular formula is C21H25N5O4S3. The molecule has 0 spiro atoms. The summed E-state index contributed by atoms with van der Waals surface area (Å²) in [5.74, 6) is 0.590. The first-order chi connectivity index (χ1) is 15.9. The van der Waals surface area contributed by atoms with Crippen molar-refractivity contribution < 1.29 is 17.9 Å². The second kappa shape index (κ2) is 10.3. The van der Waals surface area contributed by atoms with Crippen molar-refractivity contribution in [2.45, 2.75) is 35.7 Å². The zero-order valence-corrected chi connectivity index (χ0v) is 20.8. The summed E-state index contributed by atoms with van der Waals surface area (Å²) in [4.78, 5) is 14.0. The maximum atomic E-state index is 12.8. The molecule has 12 heteroatoms. The minimum atomic E-state index is -3.57. The predicted octanol–water partition coefficient (Wildman–Crippen LogP) is 3.17. The van der Waals surface area contributed by atoms with Gasteiger partial charge in [-0.2, -0.15) is 4.31 Å². The SMILES string of the molecule is CCn1c(S[C@H](C)C(=O)Nc2ccc(S(=O)(=O)N3CCOCC3)cc2)nnc1-c1cccs1. The maximum absolute atomic E-state index is 12.8. The number of morpholine rings is 1. The molecular weight excluding hydrogens is 482 g/mol. The van der Waals surface area contributed by atoms with Gasteiger partial charge in [0.1, 0.15) is 0 Å². The van der Waals surface area contributed by atoms with Crippen LogP contribution in [0, 0.1) is 0 Å². The standard InChI is InChI=1S/C21H25N5O4S3/c1-3-26-19(18-5-4-14-31-18)23-24-21(26)32-15(2)20(27)22-16-6-8-17(9-7-16)33(28,29)25-10-12-30-13-11-25/h4-9,14-15H,3,10-13H2,1-2H3,(H,22,27)/t15-/m1/s1. The van der Waals surface area contributed by atoms with Crippen molar-refractivity contribution in [1.82, 2.24) is 19.1 Å². The van der Waals surface area contributed by atoms with Crippen molar-refractivity contribution in [1.29, 1.82) is 0 Å². The van der Waals surface area contributed by atoms with Crippen molar-refractivity contribution >= 4 is 44.7 Å². The number of thiophene rings is 1. The molecule has 1 amide bonds. The highest BCUT2D eigenvalue weighted by Crippen LogP contribution is 2.29. The van der Waals surface area contributed by atoms with Gasteiger partial charge in [-0.25, -0.2) is 8.42 Å². The lowest BCUT2D eigenvalue weighted by atomic mass is 10.3. The van der Waals surface area contributed by atoms with Crippen LogP contribution in [-0.4, -0.2) is 64.9 Å². The van der Waals surface area contributed by atoms with Gasteiger partial charge in [-0.05, 0) is 49.6 Å². The molecule has 9 nitrogen and oxygen atoms in total. The van der Waals surface area contributed by atoms with Gasteiger partial charge in [0, 0.05) is 25.3 Å². The average Bonchev–Trinajstić information content (AvgIpc) is 3.49. The van der Waals surface area contributed by atoms with Crippen LogP contribution in [0.25, 0.3) is 10.7 Å². The van der Waals surface area contributed by atoms with Gasteiger partial charge in [0.25, 0.3) is 0 Å². The predicted molar refractivity (Wildman–Crippen MR) is 129 cm³/mol. The number of carbonyl (C=O) groups excluding carboxylic acids is 1. The molecule has 3 aromatic rings. The zero-order valence-electron chi connectivity index (χ0n) is 18.3. The van der Waals surface area contributed by atoms with E-state index in [1.807, 2.05) is 29.0 Å². The summed E-state index contributed by atoms with van der Waals surface area (Å²) in [5, 5.41) is 13.7. The van der Waals surface area contributed by atoms with Gasteiger partial charge in [-0.3, -0.25) is 4.79 Å². The summed E-state index contributed by atoms with van der Waals surface area (Å²) in [5.41, 5.74) is 0.532. The van der Waals surface area contributed by atoms with E-state index in [2.05, 4.69) is 15.5 Å². The van der Waals surface area contributed by atoms with E-state index < -0.39 is 15.3 Å². The Bertz CT molecular complexity index is 1190. The van der Waals surface area contributed by atoms with E-state index in [0.717, 1.165) is 10.7 Å². The van der Waals surface area contributed by atoms with E-state index in [1.54, 1.807) is 30.4 Å². The minimum absolute atomic E-state index is 0.196. The summed E-state index contributed by atoms with van der Waals surface area (Å²) in [6.07, 6.45) is 0. The maximum Gasteiger partial charge on any atom is 0.243 e. The molecule has 1 N–H and O–H groups in total. The first-order valence-corrected chi connectivity index (χ1v) is 13.7. The highest BCUT2D eigenvalue weighted by atomic mass is 32.2. The number of hydrogen-bond acceptors (Lipinski definition) is 8. The normalized spacial score (nSPS) is 15.9. The van der Waals surface area contributed by atoms with E-state index in [-0.39, 0.29) is 10.8 Å². The van der Waals surface area contributed by atoms with Gasteiger partial charge < -0.3 is 14.6 Å². The number of carbonyl (C=O) groups is 1. The van der Waals surface area contributed by atoms with E-state index in [1.165, 1.54) is 28.2 Å². The average molecular weight is 508 g/mol. The van der Waals surface area contributed by atoms with Crippen LogP contribution in [0.1, 0.15) is 13.8 Å². The molecule has 33 heavy (non-hydrogen) atoms. The second-order valence-electron chi connectivity index (χ2n) is 7.32. The summed E-state index contributed by atoms with van der Waals surface area (Å²) in [6.45, 7) is 5.97. The summed E-state index contributed by atoms with van der Waals surface area (Å²) in [7, 11) is -3.57. The van der Waals surface area contributed by atoms with Gasteiger partial charge in [0.15, 0.2) is 11.0 Å². The number of rotatable bonds is 8. The molecule has 2 aromatic heterocycles. The minimum Gasteiger partial charge on any atom is -0.379 e. The van der Waals surface area contributed by atoms with Crippen molar-refractivity contribution in [3.63, 3.8) is 0 Å². The second-order valence-corrected chi connectivity index (χ2v) is 11.5. The monoisotopic (exact) mass is 507 g/mol. The highest BCUT2D eigenvalue weighted by molar-refractivity contribution is 8.00. The van der Waals surface area contributed by atoms with Crippen molar-refractivity contribution in [3.8, 4) is 10.7 Å². The van der Waals surface area contributed by atoms with Crippen LogP contribution < -0.4 is 5.32 Å². The molecule has 0 saturated carbocycles. The number of hydrogen-bond donors (Lipinski definition) is 1. The fourth-order valence-corrected chi connectivity index (χ4v) is 6.39. The zero-order chi connectivity index (χ0) is 23.4. The number of anilines is 1. The van der Waals surface area contributed by atoms with Crippen molar-refractivity contribution in [2.24, 2.45) is 0 Å². The molecule has 1 aliphatic heterocycles. The third kappa shape index (κ3) is 5.30. The molecule has 0 radical (unpaired) electrons.